The Hall–Kier alpha value is -3.22. The predicted octanol–water partition coefficient (Wildman–Crippen LogP) is 3.62. The molecule has 0 saturated heterocycles. The molecule has 1 heterocycles. The molecule has 0 bridgehead atoms. The fraction of sp³-hybridized carbons (Fsp3) is 0.238. The van der Waals surface area contributed by atoms with Crippen LogP contribution in [-0.2, 0) is 6.42 Å². The molecule has 3 rings (SSSR count). The topological polar surface area (TPSA) is 54.2 Å². The summed E-state index contributed by atoms with van der Waals surface area (Å²) in [4.78, 5) is 4.21. The average molecular weight is 383 g/mol. The quantitative estimate of drug-likeness (QED) is 0.505. The monoisotopic (exact) mass is 383 g/mol. The summed E-state index contributed by atoms with van der Waals surface area (Å²) < 4.78 is 28.8. The molecule has 5 nitrogen and oxygen atoms in total. The van der Waals surface area contributed by atoms with E-state index >= 15 is 0 Å². The van der Waals surface area contributed by atoms with E-state index in [2.05, 4.69) is 26.8 Å². The summed E-state index contributed by atoms with van der Waals surface area (Å²) in [6, 6.07) is 13.4. The Labute approximate surface area is 163 Å². The van der Waals surface area contributed by atoms with Gasteiger partial charge in [0.25, 0.3) is 0 Å². The molecule has 146 valence electrons. The van der Waals surface area contributed by atoms with Crippen LogP contribution >= 0.6 is 0 Å². The van der Waals surface area contributed by atoms with Gasteiger partial charge < -0.3 is 10.6 Å². The van der Waals surface area contributed by atoms with Crippen molar-refractivity contribution >= 4 is 5.96 Å². The number of nitrogens with one attached hydrogen (secondary N) is 2. The van der Waals surface area contributed by atoms with Crippen LogP contribution < -0.4 is 10.6 Å². The van der Waals surface area contributed by atoms with Crippen LogP contribution in [-0.4, -0.2) is 29.3 Å². The second-order valence-electron chi connectivity index (χ2n) is 6.40. The first-order chi connectivity index (χ1) is 13.6. The van der Waals surface area contributed by atoms with Gasteiger partial charge in [-0.05, 0) is 60.9 Å². The van der Waals surface area contributed by atoms with Crippen molar-refractivity contribution in [1.29, 1.82) is 0 Å². The summed E-state index contributed by atoms with van der Waals surface area (Å²) >= 11 is 0. The third-order valence-corrected chi connectivity index (χ3v) is 4.41. The summed E-state index contributed by atoms with van der Waals surface area (Å²) in [5.74, 6) is -0.256. The molecule has 0 aliphatic rings. The predicted molar refractivity (Wildman–Crippen MR) is 107 cm³/mol. The molecule has 7 heteroatoms. The van der Waals surface area contributed by atoms with E-state index in [1.165, 1.54) is 6.07 Å². The SMILES string of the molecule is CN=C(NCCc1cc(F)ccc1F)NC(C)c1cccc(-n2cccn2)c1. The lowest BCUT2D eigenvalue weighted by molar-refractivity contribution is 0.582. The maximum atomic E-state index is 13.7. The van der Waals surface area contributed by atoms with Gasteiger partial charge >= 0.3 is 0 Å². The molecule has 0 aliphatic carbocycles. The first kappa shape index (κ1) is 19.5. The van der Waals surface area contributed by atoms with Crippen LogP contribution in [0.25, 0.3) is 5.69 Å². The number of halogens is 2. The number of rotatable bonds is 6. The second-order valence-corrected chi connectivity index (χ2v) is 6.40. The Morgan fingerprint density at radius 2 is 2.04 bits per heavy atom. The minimum absolute atomic E-state index is 0.00684. The molecule has 2 aromatic carbocycles. The van der Waals surface area contributed by atoms with Gasteiger partial charge in [0, 0.05) is 26.0 Å². The van der Waals surface area contributed by atoms with Crippen molar-refractivity contribution in [2.24, 2.45) is 4.99 Å². The highest BCUT2D eigenvalue weighted by Crippen LogP contribution is 2.16. The number of hydrogen-bond donors (Lipinski definition) is 2. The van der Waals surface area contributed by atoms with Crippen LogP contribution in [0.1, 0.15) is 24.1 Å². The van der Waals surface area contributed by atoms with Crippen LogP contribution in [0.4, 0.5) is 8.78 Å². The number of nitrogens with zero attached hydrogens (tertiary/aromatic N) is 3. The van der Waals surface area contributed by atoms with Crippen molar-refractivity contribution in [2.45, 2.75) is 19.4 Å². The number of benzene rings is 2. The summed E-state index contributed by atoms with van der Waals surface area (Å²) in [7, 11) is 1.67. The Morgan fingerprint density at radius 3 is 2.79 bits per heavy atom. The van der Waals surface area contributed by atoms with Crippen LogP contribution in [0, 0.1) is 11.6 Å². The molecule has 1 unspecified atom stereocenters. The lowest BCUT2D eigenvalue weighted by Crippen LogP contribution is -2.39. The average Bonchev–Trinajstić information content (AvgIpc) is 3.24. The van der Waals surface area contributed by atoms with Gasteiger partial charge in [-0.1, -0.05) is 12.1 Å². The van der Waals surface area contributed by atoms with Crippen LogP contribution in [0.2, 0.25) is 0 Å². The first-order valence-electron chi connectivity index (χ1n) is 9.08. The van der Waals surface area contributed by atoms with Gasteiger partial charge in [-0.25, -0.2) is 13.5 Å². The molecule has 28 heavy (non-hydrogen) atoms. The third kappa shape index (κ3) is 4.94. The molecule has 1 aromatic heterocycles. The van der Waals surface area contributed by atoms with Gasteiger partial charge in [-0.3, -0.25) is 4.99 Å². The minimum atomic E-state index is -0.440. The molecular weight excluding hydrogens is 360 g/mol. The van der Waals surface area contributed by atoms with Crippen molar-refractivity contribution < 1.29 is 8.78 Å². The number of aliphatic imine (C=N–C) groups is 1. The van der Waals surface area contributed by atoms with E-state index in [-0.39, 0.29) is 6.04 Å². The molecule has 0 spiro atoms. The molecule has 0 amide bonds. The summed E-state index contributed by atoms with van der Waals surface area (Å²) in [6.07, 6.45) is 3.98. The van der Waals surface area contributed by atoms with Gasteiger partial charge in [-0.2, -0.15) is 5.10 Å². The van der Waals surface area contributed by atoms with Gasteiger partial charge in [0.2, 0.25) is 0 Å². The van der Waals surface area contributed by atoms with Gasteiger partial charge in [0.15, 0.2) is 5.96 Å². The standard InChI is InChI=1S/C21H23F2N5/c1-15(16-5-3-6-19(14-16)28-12-4-10-26-28)27-21(24-2)25-11-9-17-13-18(22)7-8-20(17)23/h3-8,10,12-15H,9,11H2,1-2H3,(H2,24,25,27). The van der Waals surface area contributed by atoms with E-state index < -0.39 is 11.6 Å². The minimum Gasteiger partial charge on any atom is -0.356 e. The molecule has 2 N–H and O–H groups in total. The van der Waals surface area contributed by atoms with Crippen LogP contribution in [0.15, 0.2) is 65.9 Å². The third-order valence-electron chi connectivity index (χ3n) is 4.41. The van der Waals surface area contributed by atoms with E-state index in [1.807, 2.05) is 37.4 Å². The summed E-state index contributed by atoms with van der Waals surface area (Å²) in [6.45, 7) is 2.46. The highest BCUT2D eigenvalue weighted by molar-refractivity contribution is 5.80. The molecule has 3 aromatic rings. The van der Waals surface area contributed by atoms with Gasteiger partial charge in [0.1, 0.15) is 11.6 Å². The fourth-order valence-electron chi connectivity index (χ4n) is 2.89. The highest BCUT2D eigenvalue weighted by atomic mass is 19.1. The maximum absolute atomic E-state index is 13.7. The Balaban J connectivity index is 1.58. The normalized spacial score (nSPS) is 12.6. The molecule has 0 saturated carbocycles. The van der Waals surface area contributed by atoms with E-state index in [9.17, 15) is 8.78 Å². The van der Waals surface area contributed by atoms with Crippen molar-refractivity contribution in [3.8, 4) is 5.69 Å². The Bertz CT molecular complexity index is 938. The number of aromatic nitrogens is 2. The van der Waals surface area contributed by atoms with E-state index in [0.717, 1.165) is 23.4 Å². The lowest BCUT2D eigenvalue weighted by Gasteiger charge is -2.19. The van der Waals surface area contributed by atoms with Crippen molar-refractivity contribution in [1.82, 2.24) is 20.4 Å². The molecule has 0 aliphatic heterocycles. The van der Waals surface area contributed by atoms with Crippen molar-refractivity contribution in [3.63, 3.8) is 0 Å². The molecule has 1 atom stereocenters. The Morgan fingerprint density at radius 1 is 1.18 bits per heavy atom. The highest BCUT2D eigenvalue weighted by Gasteiger charge is 2.10. The van der Waals surface area contributed by atoms with Crippen LogP contribution in [0.3, 0.4) is 0 Å². The first-order valence-corrected chi connectivity index (χ1v) is 9.08. The zero-order chi connectivity index (χ0) is 19.9. The summed E-state index contributed by atoms with van der Waals surface area (Å²) in [5.41, 5.74) is 2.38. The van der Waals surface area contributed by atoms with Crippen molar-refractivity contribution in [3.05, 3.63) is 83.7 Å². The largest absolute Gasteiger partial charge is 0.356 e. The van der Waals surface area contributed by atoms with Crippen molar-refractivity contribution in [2.75, 3.05) is 13.6 Å². The number of hydrogen-bond acceptors (Lipinski definition) is 2. The smallest absolute Gasteiger partial charge is 0.191 e. The number of guanidine groups is 1. The maximum Gasteiger partial charge on any atom is 0.191 e. The van der Waals surface area contributed by atoms with Crippen LogP contribution in [0.5, 0.6) is 0 Å². The van der Waals surface area contributed by atoms with E-state index in [4.69, 9.17) is 0 Å². The van der Waals surface area contributed by atoms with Gasteiger partial charge in [-0.15, -0.1) is 0 Å². The summed E-state index contributed by atoms with van der Waals surface area (Å²) in [5, 5.41) is 10.7. The molecule has 0 fully saturated rings. The van der Waals surface area contributed by atoms with E-state index in [1.54, 1.807) is 17.9 Å². The zero-order valence-electron chi connectivity index (χ0n) is 15.9. The fourth-order valence-corrected chi connectivity index (χ4v) is 2.89. The zero-order valence-corrected chi connectivity index (χ0v) is 15.9. The molecule has 0 radical (unpaired) electrons. The Kier molecular flexibility index (Phi) is 6.37. The molecular formula is C21H23F2N5. The lowest BCUT2D eigenvalue weighted by atomic mass is 10.1. The van der Waals surface area contributed by atoms with E-state index in [0.29, 0.717) is 24.5 Å². The second kappa shape index (κ2) is 9.12. The van der Waals surface area contributed by atoms with Gasteiger partial charge in [0.05, 0.1) is 11.7 Å².